The van der Waals surface area contributed by atoms with Crippen LogP contribution in [0.25, 0.3) is 0 Å². The number of aromatic nitrogens is 1. The third-order valence-corrected chi connectivity index (χ3v) is 5.13. The molecule has 0 aliphatic carbocycles. The zero-order chi connectivity index (χ0) is 17.9. The van der Waals surface area contributed by atoms with Crippen molar-refractivity contribution in [3.05, 3.63) is 50.4 Å². The Morgan fingerprint density at radius 3 is 2.33 bits per heavy atom. The molecule has 2 rings (SSSR count). The molecule has 1 aromatic heterocycles. The molecule has 24 heavy (non-hydrogen) atoms. The molecule has 5 nitrogen and oxygen atoms in total. The van der Waals surface area contributed by atoms with Crippen molar-refractivity contribution in [1.29, 1.82) is 5.26 Å². The largest absolute Gasteiger partial charge is 0.341 e. The molecule has 8 heteroatoms. The lowest BCUT2D eigenvalue weighted by Gasteiger charge is -2.21. The van der Waals surface area contributed by atoms with Crippen molar-refractivity contribution in [3.8, 4) is 6.07 Å². The summed E-state index contributed by atoms with van der Waals surface area (Å²) in [4.78, 5) is 25.2. The van der Waals surface area contributed by atoms with Gasteiger partial charge in [0.1, 0.15) is 9.90 Å². The number of hydrogen-bond acceptors (Lipinski definition) is 5. The Balaban J connectivity index is 2.22. The molecular weight excluding hydrogens is 369 g/mol. The molecule has 0 aliphatic heterocycles. The average Bonchev–Trinajstić information content (AvgIpc) is 2.91. The Labute approximate surface area is 153 Å². The van der Waals surface area contributed by atoms with Gasteiger partial charge in [-0.25, -0.2) is 0 Å². The summed E-state index contributed by atoms with van der Waals surface area (Å²) in [7, 11) is 0. The van der Waals surface area contributed by atoms with Crippen LogP contribution in [0.4, 0.5) is 0 Å². The molecule has 1 heterocycles. The van der Waals surface area contributed by atoms with Gasteiger partial charge in [0.25, 0.3) is 5.91 Å². The van der Waals surface area contributed by atoms with Gasteiger partial charge in [-0.05, 0) is 29.6 Å². The second kappa shape index (κ2) is 7.75. The third kappa shape index (κ3) is 3.93. The number of Topliss-reactive ketones (excluding diaryl/α,β-unsaturated/α-hetero) is 1. The summed E-state index contributed by atoms with van der Waals surface area (Å²) in [6, 6.07) is 7.52. The lowest BCUT2D eigenvalue weighted by Crippen LogP contribution is -2.44. The molecule has 1 unspecified atom stereocenters. The Morgan fingerprint density at radius 1 is 1.25 bits per heavy atom. The van der Waals surface area contributed by atoms with Crippen molar-refractivity contribution in [2.24, 2.45) is 5.92 Å². The van der Waals surface area contributed by atoms with Crippen molar-refractivity contribution < 1.29 is 9.59 Å². The minimum Gasteiger partial charge on any atom is -0.341 e. The number of carbonyl (C=O) groups is 2. The molecule has 1 N–H and O–H groups in total. The fraction of sp³-hybridized carbons (Fsp3) is 0.250. The lowest BCUT2D eigenvalue weighted by molar-refractivity contribution is 0.0833. The highest BCUT2D eigenvalue weighted by Gasteiger charge is 2.27. The normalized spacial score (nSPS) is 11.8. The second-order valence-electron chi connectivity index (χ2n) is 5.37. The van der Waals surface area contributed by atoms with Gasteiger partial charge in [0.05, 0.1) is 17.7 Å². The Hall–Kier alpha value is -1.94. The first kappa shape index (κ1) is 18.4. The van der Waals surface area contributed by atoms with Gasteiger partial charge in [-0.1, -0.05) is 49.2 Å². The quantitative estimate of drug-likeness (QED) is 0.794. The number of benzene rings is 1. The Bertz CT molecular complexity index is 810. The van der Waals surface area contributed by atoms with Crippen molar-refractivity contribution in [2.45, 2.75) is 19.9 Å². The van der Waals surface area contributed by atoms with Crippen molar-refractivity contribution in [3.63, 3.8) is 0 Å². The van der Waals surface area contributed by atoms with Gasteiger partial charge < -0.3 is 5.32 Å². The molecule has 0 aliphatic rings. The van der Waals surface area contributed by atoms with Gasteiger partial charge in [0, 0.05) is 5.56 Å². The van der Waals surface area contributed by atoms with E-state index in [2.05, 4.69) is 9.69 Å². The molecule has 0 saturated carbocycles. The van der Waals surface area contributed by atoms with E-state index in [0.29, 0.717) is 11.1 Å². The summed E-state index contributed by atoms with van der Waals surface area (Å²) in [5, 5.41) is 11.6. The zero-order valence-electron chi connectivity index (χ0n) is 12.8. The van der Waals surface area contributed by atoms with E-state index in [1.165, 1.54) is 0 Å². The van der Waals surface area contributed by atoms with Gasteiger partial charge in [-0.3, -0.25) is 9.59 Å². The van der Waals surface area contributed by atoms with E-state index in [4.69, 9.17) is 28.5 Å². The Morgan fingerprint density at radius 2 is 1.88 bits per heavy atom. The molecule has 124 valence electrons. The van der Waals surface area contributed by atoms with Gasteiger partial charge >= 0.3 is 0 Å². The van der Waals surface area contributed by atoms with E-state index in [1.807, 2.05) is 19.9 Å². The minimum absolute atomic E-state index is 0.0614. The first-order valence-corrected chi connectivity index (χ1v) is 8.54. The van der Waals surface area contributed by atoms with Crippen LogP contribution in [0.2, 0.25) is 10.2 Å². The summed E-state index contributed by atoms with van der Waals surface area (Å²) in [5.74, 6) is -0.876. The number of hydrogen-bond donors (Lipinski definition) is 1. The maximum Gasteiger partial charge on any atom is 0.265 e. The van der Waals surface area contributed by atoms with E-state index >= 15 is 0 Å². The van der Waals surface area contributed by atoms with E-state index in [0.717, 1.165) is 11.5 Å². The highest BCUT2D eigenvalue weighted by Crippen LogP contribution is 2.28. The number of halogens is 2. The van der Waals surface area contributed by atoms with Crippen LogP contribution >= 0.6 is 34.7 Å². The van der Waals surface area contributed by atoms with Gasteiger partial charge in [-0.15, -0.1) is 0 Å². The maximum atomic E-state index is 12.7. The standard InChI is InChI=1S/C16H13Cl2N3O2S/c1-8(2)12(13(22)10-5-3-9(7-19)4-6-10)20-16(23)14-11(17)15(18)21-24-14/h3-6,8,12H,1-2H3,(H,20,23). The predicted octanol–water partition coefficient (Wildman–Crippen LogP) is 3.96. The van der Waals surface area contributed by atoms with Crippen LogP contribution < -0.4 is 5.32 Å². The van der Waals surface area contributed by atoms with Crippen LogP contribution in [0.3, 0.4) is 0 Å². The highest BCUT2D eigenvalue weighted by atomic mass is 35.5. The SMILES string of the molecule is CC(C)C(NC(=O)c1snc(Cl)c1Cl)C(=O)c1ccc(C#N)cc1. The molecule has 0 saturated heterocycles. The minimum atomic E-state index is -0.734. The van der Waals surface area contributed by atoms with E-state index in [-0.39, 0.29) is 26.8 Å². The summed E-state index contributed by atoms with van der Waals surface area (Å²) in [5.41, 5.74) is 0.879. The number of nitrogens with zero attached hydrogens (tertiary/aromatic N) is 2. The van der Waals surface area contributed by atoms with Crippen LogP contribution in [-0.4, -0.2) is 22.1 Å². The van der Waals surface area contributed by atoms with Crippen molar-refractivity contribution >= 4 is 46.4 Å². The van der Waals surface area contributed by atoms with Crippen LogP contribution in [-0.2, 0) is 0 Å². The smallest absolute Gasteiger partial charge is 0.265 e. The van der Waals surface area contributed by atoms with Gasteiger partial charge in [0.2, 0.25) is 0 Å². The average molecular weight is 382 g/mol. The summed E-state index contributed by atoms with van der Waals surface area (Å²) in [6.07, 6.45) is 0. The molecule has 0 fully saturated rings. The molecule has 2 aromatic rings. The third-order valence-electron chi connectivity index (χ3n) is 3.34. The van der Waals surface area contributed by atoms with Gasteiger partial charge in [-0.2, -0.15) is 9.64 Å². The molecule has 0 radical (unpaired) electrons. The van der Waals surface area contributed by atoms with E-state index in [9.17, 15) is 9.59 Å². The molecule has 0 bridgehead atoms. The lowest BCUT2D eigenvalue weighted by atomic mass is 9.94. The van der Waals surface area contributed by atoms with Crippen molar-refractivity contribution in [1.82, 2.24) is 9.69 Å². The van der Waals surface area contributed by atoms with Crippen LogP contribution in [0.5, 0.6) is 0 Å². The number of nitriles is 1. The maximum absolute atomic E-state index is 12.7. The molecule has 1 aromatic carbocycles. The first-order chi connectivity index (χ1) is 11.3. The molecule has 1 amide bonds. The number of amides is 1. The van der Waals surface area contributed by atoms with Crippen LogP contribution in [0.15, 0.2) is 24.3 Å². The van der Waals surface area contributed by atoms with Crippen LogP contribution in [0.1, 0.15) is 39.4 Å². The summed E-state index contributed by atoms with van der Waals surface area (Å²) < 4.78 is 3.81. The van der Waals surface area contributed by atoms with E-state index < -0.39 is 11.9 Å². The van der Waals surface area contributed by atoms with Crippen LogP contribution in [0, 0.1) is 17.2 Å². The van der Waals surface area contributed by atoms with Gasteiger partial charge in [0.15, 0.2) is 10.9 Å². The predicted molar refractivity (Wildman–Crippen MR) is 93.7 cm³/mol. The first-order valence-electron chi connectivity index (χ1n) is 7.01. The molecule has 0 spiro atoms. The topological polar surface area (TPSA) is 82.8 Å². The van der Waals surface area contributed by atoms with Crippen molar-refractivity contribution in [2.75, 3.05) is 0 Å². The number of ketones is 1. The monoisotopic (exact) mass is 381 g/mol. The summed E-state index contributed by atoms with van der Waals surface area (Å²) in [6.45, 7) is 3.65. The fourth-order valence-electron chi connectivity index (χ4n) is 2.03. The number of rotatable bonds is 5. The molecule has 1 atom stereocenters. The van der Waals surface area contributed by atoms with E-state index in [1.54, 1.807) is 24.3 Å². The Kier molecular flexibility index (Phi) is 5.94. The second-order valence-corrected chi connectivity index (χ2v) is 6.87. The molecular formula is C16H13Cl2N3O2S. The summed E-state index contributed by atoms with van der Waals surface area (Å²) >= 11 is 12.6. The number of carbonyl (C=O) groups excluding carboxylic acids is 2. The zero-order valence-corrected chi connectivity index (χ0v) is 15.2. The highest BCUT2D eigenvalue weighted by molar-refractivity contribution is 7.09. The fourth-order valence-corrected chi connectivity index (χ4v) is 3.15. The number of nitrogens with one attached hydrogen (secondary N) is 1.